The number of hydrogen-bond acceptors (Lipinski definition) is 3. The highest BCUT2D eigenvalue weighted by Gasteiger charge is 2.19. The Morgan fingerprint density at radius 2 is 1.67 bits per heavy atom. The molecule has 0 aliphatic carbocycles. The van der Waals surface area contributed by atoms with Gasteiger partial charge in [-0.05, 0) is 31.0 Å². The number of carboxylic acids is 2. The van der Waals surface area contributed by atoms with E-state index in [9.17, 15) is 9.59 Å². The van der Waals surface area contributed by atoms with Gasteiger partial charge in [0.15, 0.2) is 5.69 Å². The molecule has 0 saturated heterocycles. The van der Waals surface area contributed by atoms with Crippen molar-refractivity contribution >= 4 is 22.8 Å². The SMILES string of the molecule is Cc1ccc(C)c2nc(C(=O)O)c(C(=O)O)cc12. The third-order valence-corrected chi connectivity index (χ3v) is 2.84. The molecule has 0 radical (unpaired) electrons. The number of pyridine rings is 1. The number of aromatic carboxylic acids is 2. The van der Waals surface area contributed by atoms with Crippen LogP contribution in [0.2, 0.25) is 0 Å². The van der Waals surface area contributed by atoms with Gasteiger partial charge in [0.1, 0.15) is 0 Å². The van der Waals surface area contributed by atoms with E-state index in [-0.39, 0.29) is 5.56 Å². The highest BCUT2D eigenvalue weighted by atomic mass is 16.4. The van der Waals surface area contributed by atoms with E-state index in [0.717, 1.165) is 11.1 Å². The molecule has 0 aliphatic rings. The lowest BCUT2D eigenvalue weighted by atomic mass is 10.0. The van der Waals surface area contributed by atoms with Crippen LogP contribution in [0.4, 0.5) is 0 Å². The van der Waals surface area contributed by atoms with Gasteiger partial charge in [0.25, 0.3) is 0 Å². The Labute approximate surface area is 103 Å². The molecular weight excluding hydrogens is 234 g/mol. The number of fused-ring (bicyclic) bond motifs is 1. The van der Waals surface area contributed by atoms with Crippen molar-refractivity contribution in [3.8, 4) is 0 Å². The number of aryl methyl sites for hydroxylation is 2. The van der Waals surface area contributed by atoms with Gasteiger partial charge in [0.2, 0.25) is 0 Å². The minimum Gasteiger partial charge on any atom is -0.478 e. The van der Waals surface area contributed by atoms with E-state index < -0.39 is 17.6 Å². The van der Waals surface area contributed by atoms with Gasteiger partial charge >= 0.3 is 11.9 Å². The van der Waals surface area contributed by atoms with Crippen LogP contribution < -0.4 is 0 Å². The van der Waals surface area contributed by atoms with Gasteiger partial charge in [0, 0.05) is 5.39 Å². The summed E-state index contributed by atoms with van der Waals surface area (Å²) in [5.74, 6) is -2.63. The van der Waals surface area contributed by atoms with Crippen LogP contribution in [-0.4, -0.2) is 27.1 Å². The molecule has 0 atom stereocenters. The molecule has 5 heteroatoms. The van der Waals surface area contributed by atoms with Gasteiger partial charge in [-0.15, -0.1) is 0 Å². The lowest BCUT2D eigenvalue weighted by Gasteiger charge is -2.08. The maximum atomic E-state index is 11.1. The van der Waals surface area contributed by atoms with E-state index >= 15 is 0 Å². The molecule has 0 bridgehead atoms. The lowest BCUT2D eigenvalue weighted by molar-refractivity contribution is 0.0647. The van der Waals surface area contributed by atoms with E-state index in [1.165, 1.54) is 6.07 Å². The van der Waals surface area contributed by atoms with Crippen LogP contribution in [-0.2, 0) is 0 Å². The quantitative estimate of drug-likeness (QED) is 0.847. The number of carbonyl (C=O) groups is 2. The molecule has 0 unspecified atom stereocenters. The van der Waals surface area contributed by atoms with Crippen LogP contribution in [0.25, 0.3) is 10.9 Å². The minimum absolute atomic E-state index is 0.288. The van der Waals surface area contributed by atoms with Crippen LogP contribution >= 0.6 is 0 Å². The fraction of sp³-hybridized carbons (Fsp3) is 0.154. The number of rotatable bonds is 2. The fourth-order valence-electron chi connectivity index (χ4n) is 1.86. The number of hydrogen-bond donors (Lipinski definition) is 2. The molecule has 18 heavy (non-hydrogen) atoms. The van der Waals surface area contributed by atoms with Crippen molar-refractivity contribution < 1.29 is 19.8 Å². The summed E-state index contributed by atoms with van der Waals surface area (Å²) >= 11 is 0. The molecule has 92 valence electrons. The van der Waals surface area contributed by atoms with Gasteiger partial charge in [-0.25, -0.2) is 14.6 Å². The maximum Gasteiger partial charge on any atom is 0.355 e. The Bertz CT molecular complexity index is 618. The Kier molecular flexibility index (Phi) is 2.74. The van der Waals surface area contributed by atoms with Crippen molar-refractivity contribution in [2.24, 2.45) is 0 Å². The Hall–Kier alpha value is -2.43. The average Bonchev–Trinajstić information content (AvgIpc) is 2.32. The first-order chi connectivity index (χ1) is 8.41. The van der Waals surface area contributed by atoms with Crippen LogP contribution in [0.1, 0.15) is 32.0 Å². The standard InChI is InChI=1S/C13H11NO4/c1-6-3-4-7(2)10-8(6)5-9(12(15)16)11(14-10)13(17)18/h3-5H,1-2H3,(H,15,16)(H,17,18). The molecule has 0 spiro atoms. The zero-order valence-electron chi connectivity index (χ0n) is 9.89. The van der Waals surface area contributed by atoms with Crippen molar-refractivity contribution in [3.05, 3.63) is 40.6 Å². The second-order valence-electron chi connectivity index (χ2n) is 4.09. The molecule has 0 aliphatic heterocycles. The largest absolute Gasteiger partial charge is 0.478 e. The van der Waals surface area contributed by atoms with Gasteiger partial charge < -0.3 is 10.2 Å². The van der Waals surface area contributed by atoms with Crippen LogP contribution in [0.5, 0.6) is 0 Å². The first-order valence-electron chi connectivity index (χ1n) is 5.29. The summed E-state index contributed by atoms with van der Waals surface area (Å²) < 4.78 is 0. The summed E-state index contributed by atoms with van der Waals surface area (Å²) in [6, 6.07) is 5.05. The van der Waals surface area contributed by atoms with Gasteiger partial charge in [-0.2, -0.15) is 0 Å². The molecular formula is C13H11NO4. The van der Waals surface area contributed by atoms with Crippen molar-refractivity contribution in [1.82, 2.24) is 4.98 Å². The number of nitrogens with zero attached hydrogens (tertiary/aromatic N) is 1. The van der Waals surface area contributed by atoms with E-state index in [0.29, 0.717) is 10.9 Å². The van der Waals surface area contributed by atoms with Crippen molar-refractivity contribution in [3.63, 3.8) is 0 Å². The van der Waals surface area contributed by atoms with Crippen molar-refractivity contribution in [1.29, 1.82) is 0 Å². The molecule has 1 aromatic carbocycles. The van der Waals surface area contributed by atoms with E-state index in [1.54, 1.807) is 6.92 Å². The summed E-state index contributed by atoms with van der Waals surface area (Å²) in [5, 5.41) is 18.7. The maximum absolute atomic E-state index is 11.1. The molecule has 2 N–H and O–H groups in total. The van der Waals surface area contributed by atoms with Gasteiger partial charge in [-0.3, -0.25) is 0 Å². The average molecular weight is 245 g/mol. The van der Waals surface area contributed by atoms with E-state index in [4.69, 9.17) is 10.2 Å². The monoisotopic (exact) mass is 245 g/mol. The third-order valence-electron chi connectivity index (χ3n) is 2.84. The molecule has 0 saturated carbocycles. The first kappa shape index (κ1) is 12.0. The van der Waals surface area contributed by atoms with Crippen molar-refractivity contribution in [2.45, 2.75) is 13.8 Å². The van der Waals surface area contributed by atoms with Crippen LogP contribution in [0.15, 0.2) is 18.2 Å². The zero-order chi connectivity index (χ0) is 13.4. The minimum atomic E-state index is -1.34. The summed E-state index contributed by atoms with van der Waals surface area (Å²) in [5.41, 5.74) is 1.49. The highest BCUT2D eigenvalue weighted by molar-refractivity contribution is 6.04. The number of benzene rings is 1. The molecule has 5 nitrogen and oxygen atoms in total. The molecule has 0 fully saturated rings. The van der Waals surface area contributed by atoms with Gasteiger partial charge in [0.05, 0.1) is 11.1 Å². The summed E-state index contributed by atoms with van der Waals surface area (Å²) in [6.45, 7) is 3.64. The predicted molar refractivity (Wildman–Crippen MR) is 65.1 cm³/mol. The van der Waals surface area contributed by atoms with Crippen molar-refractivity contribution in [2.75, 3.05) is 0 Å². The summed E-state index contributed by atoms with van der Waals surface area (Å²) in [6.07, 6.45) is 0. The molecule has 2 aromatic rings. The molecule has 0 amide bonds. The predicted octanol–water partition coefficient (Wildman–Crippen LogP) is 2.25. The topological polar surface area (TPSA) is 87.5 Å². The third kappa shape index (κ3) is 1.79. The summed E-state index contributed by atoms with van der Waals surface area (Å²) in [7, 11) is 0. The molecule has 1 aromatic heterocycles. The second kappa shape index (κ2) is 4.10. The van der Waals surface area contributed by atoms with Crippen LogP contribution in [0, 0.1) is 13.8 Å². The Balaban J connectivity index is 2.93. The zero-order valence-corrected chi connectivity index (χ0v) is 9.89. The van der Waals surface area contributed by atoms with Crippen LogP contribution in [0.3, 0.4) is 0 Å². The lowest BCUT2D eigenvalue weighted by Crippen LogP contribution is -2.11. The summed E-state index contributed by atoms with van der Waals surface area (Å²) in [4.78, 5) is 26.1. The normalized spacial score (nSPS) is 10.6. The van der Waals surface area contributed by atoms with E-state index in [1.807, 2.05) is 19.1 Å². The fourth-order valence-corrected chi connectivity index (χ4v) is 1.86. The number of carboxylic acid groups (broad SMARTS) is 2. The van der Waals surface area contributed by atoms with Gasteiger partial charge in [-0.1, -0.05) is 12.1 Å². The first-order valence-corrected chi connectivity index (χ1v) is 5.29. The van der Waals surface area contributed by atoms with E-state index in [2.05, 4.69) is 4.98 Å². The Morgan fingerprint density at radius 3 is 2.22 bits per heavy atom. The number of aromatic nitrogens is 1. The smallest absolute Gasteiger partial charge is 0.355 e. The second-order valence-corrected chi connectivity index (χ2v) is 4.09. The Morgan fingerprint density at radius 1 is 1.06 bits per heavy atom. The molecule has 2 rings (SSSR count). The molecule has 1 heterocycles. The highest BCUT2D eigenvalue weighted by Crippen LogP contribution is 2.23.